The molecule has 10 heteroatoms. The fourth-order valence-corrected chi connectivity index (χ4v) is 2.11. The first-order chi connectivity index (χ1) is 12.2. The lowest BCUT2D eigenvalue weighted by molar-refractivity contribution is -0.384. The van der Waals surface area contributed by atoms with Crippen molar-refractivity contribution in [1.82, 2.24) is 0 Å². The lowest BCUT2D eigenvalue weighted by Gasteiger charge is -2.14. The minimum Gasteiger partial charge on any atom is -0.449 e. The molecule has 0 bridgehead atoms. The highest BCUT2D eigenvalue weighted by atomic mass is 35.5. The van der Waals surface area contributed by atoms with Crippen molar-refractivity contribution in [3.05, 3.63) is 68.7 Å². The highest BCUT2D eigenvalue weighted by Gasteiger charge is 2.22. The highest BCUT2D eigenvalue weighted by Crippen LogP contribution is 2.26. The van der Waals surface area contributed by atoms with Crippen molar-refractivity contribution in [3.63, 3.8) is 0 Å². The Labute approximate surface area is 150 Å². The van der Waals surface area contributed by atoms with E-state index in [4.69, 9.17) is 16.3 Å². The Morgan fingerprint density at radius 2 is 1.92 bits per heavy atom. The van der Waals surface area contributed by atoms with Crippen LogP contribution >= 0.6 is 11.6 Å². The summed E-state index contributed by atoms with van der Waals surface area (Å²) in [6.45, 7) is 1.23. The zero-order valence-electron chi connectivity index (χ0n) is 13.2. The van der Waals surface area contributed by atoms with Crippen molar-refractivity contribution in [2.75, 3.05) is 5.32 Å². The van der Waals surface area contributed by atoms with E-state index in [-0.39, 0.29) is 16.4 Å². The van der Waals surface area contributed by atoms with Gasteiger partial charge in [0.25, 0.3) is 11.6 Å². The van der Waals surface area contributed by atoms with E-state index in [0.717, 1.165) is 24.3 Å². The van der Waals surface area contributed by atoms with Gasteiger partial charge in [-0.3, -0.25) is 14.9 Å². The van der Waals surface area contributed by atoms with Crippen LogP contribution in [-0.4, -0.2) is 22.9 Å². The zero-order chi connectivity index (χ0) is 19.4. The van der Waals surface area contributed by atoms with Crippen molar-refractivity contribution >= 4 is 34.9 Å². The van der Waals surface area contributed by atoms with Gasteiger partial charge < -0.3 is 10.1 Å². The molecule has 1 amide bonds. The Bertz CT molecular complexity index is 891. The molecule has 2 rings (SSSR count). The van der Waals surface area contributed by atoms with E-state index in [1.807, 2.05) is 0 Å². The van der Waals surface area contributed by atoms with E-state index in [9.17, 15) is 28.5 Å². The van der Waals surface area contributed by atoms with Crippen molar-refractivity contribution in [1.29, 1.82) is 0 Å². The number of anilines is 1. The van der Waals surface area contributed by atoms with E-state index in [2.05, 4.69) is 5.32 Å². The van der Waals surface area contributed by atoms with E-state index in [0.29, 0.717) is 6.07 Å². The van der Waals surface area contributed by atoms with Crippen LogP contribution in [0.15, 0.2) is 36.4 Å². The predicted octanol–water partition coefficient (Wildman–Crippen LogP) is 3.71. The lowest BCUT2D eigenvalue weighted by atomic mass is 10.2. The largest absolute Gasteiger partial charge is 0.449 e. The molecule has 0 fully saturated rings. The molecule has 0 heterocycles. The molecule has 1 N–H and O–H groups in total. The molecule has 0 aliphatic carbocycles. The number of nitrogens with zero attached hydrogens (tertiary/aromatic N) is 1. The van der Waals surface area contributed by atoms with Crippen LogP contribution in [0.2, 0.25) is 5.02 Å². The van der Waals surface area contributed by atoms with Crippen LogP contribution in [0.3, 0.4) is 0 Å². The zero-order valence-corrected chi connectivity index (χ0v) is 13.9. The SMILES string of the molecule is C[C@@H](OC(=O)c1ccc(F)cc1F)C(=O)Nc1ccc([N+](=O)[O-])cc1Cl. The number of nitrogens with one attached hydrogen (secondary N) is 1. The third-order valence-electron chi connectivity index (χ3n) is 3.23. The van der Waals surface area contributed by atoms with Gasteiger partial charge in [0.1, 0.15) is 11.6 Å². The summed E-state index contributed by atoms with van der Waals surface area (Å²) in [7, 11) is 0. The van der Waals surface area contributed by atoms with E-state index in [1.165, 1.54) is 13.0 Å². The number of non-ortho nitro benzene ring substituents is 1. The van der Waals surface area contributed by atoms with Gasteiger partial charge in [-0.15, -0.1) is 0 Å². The van der Waals surface area contributed by atoms with Crippen LogP contribution in [0, 0.1) is 21.7 Å². The van der Waals surface area contributed by atoms with Crippen molar-refractivity contribution in [2.45, 2.75) is 13.0 Å². The average Bonchev–Trinajstić information content (AvgIpc) is 2.56. The topological polar surface area (TPSA) is 98.5 Å². The van der Waals surface area contributed by atoms with Gasteiger partial charge in [0.2, 0.25) is 0 Å². The predicted molar refractivity (Wildman–Crippen MR) is 88.0 cm³/mol. The van der Waals surface area contributed by atoms with Crippen LogP contribution in [0.25, 0.3) is 0 Å². The van der Waals surface area contributed by atoms with Gasteiger partial charge in [-0.05, 0) is 25.1 Å². The minimum absolute atomic E-state index is 0.0677. The maximum Gasteiger partial charge on any atom is 0.341 e. The second kappa shape index (κ2) is 7.87. The van der Waals surface area contributed by atoms with Crippen LogP contribution < -0.4 is 5.32 Å². The highest BCUT2D eigenvalue weighted by molar-refractivity contribution is 6.34. The third-order valence-corrected chi connectivity index (χ3v) is 3.54. The molecule has 0 spiro atoms. The maximum atomic E-state index is 13.5. The molecule has 2 aromatic carbocycles. The molecule has 0 saturated heterocycles. The summed E-state index contributed by atoms with van der Waals surface area (Å²) < 4.78 is 31.2. The number of esters is 1. The number of hydrogen-bond donors (Lipinski definition) is 1. The maximum absolute atomic E-state index is 13.5. The summed E-state index contributed by atoms with van der Waals surface area (Å²) >= 11 is 5.85. The fraction of sp³-hybridized carbons (Fsp3) is 0.125. The third kappa shape index (κ3) is 4.51. The number of nitro benzene ring substituents is 1. The van der Waals surface area contributed by atoms with Crippen LogP contribution in [0.4, 0.5) is 20.2 Å². The first-order valence-corrected chi connectivity index (χ1v) is 7.47. The molecule has 0 aliphatic rings. The Hall–Kier alpha value is -3.07. The van der Waals surface area contributed by atoms with Crippen LogP contribution in [0.1, 0.15) is 17.3 Å². The van der Waals surface area contributed by atoms with Crippen molar-refractivity contribution in [3.8, 4) is 0 Å². The number of amides is 1. The number of nitro groups is 1. The van der Waals surface area contributed by atoms with Crippen molar-refractivity contribution in [2.24, 2.45) is 0 Å². The van der Waals surface area contributed by atoms with Gasteiger partial charge in [-0.1, -0.05) is 11.6 Å². The Kier molecular flexibility index (Phi) is 5.83. The minimum atomic E-state index is -1.33. The van der Waals surface area contributed by atoms with Gasteiger partial charge in [0.15, 0.2) is 6.10 Å². The van der Waals surface area contributed by atoms with E-state index >= 15 is 0 Å². The lowest BCUT2D eigenvalue weighted by Crippen LogP contribution is -2.30. The van der Waals surface area contributed by atoms with Crippen LogP contribution in [0.5, 0.6) is 0 Å². The summed E-state index contributed by atoms with van der Waals surface area (Å²) in [5.41, 5.74) is -0.725. The average molecular weight is 385 g/mol. The normalized spacial score (nSPS) is 11.5. The number of ether oxygens (including phenoxy) is 1. The second-order valence-electron chi connectivity index (χ2n) is 5.08. The number of hydrogen-bond acceptors (Lipinski definition) is 5. The molecule has 26 heavy (non-hydrogen) atoms. The number of halogens is 3. The van der Waals surface area contributed by atoms with Gasteiger partial charge in [-0.2, -0.15) is 0 Å². The summed E-state index contributed by atoms with van der Waals surface area (Å²) in [4.78, 5) is 33.9. The standard InChI is InChI=1S/C16H11ClF2N2O5/c1-8(26-16(23)11-4-2-9(18)6-13(11)19)15(22)20-14-5-3-10(21(24)25)7-12(14)17/h2-8H,1H3,(H,20,22)/t8-/m1/s1. The Morgan fingerprint density at radius 1 is 1.23 bits per heavy atom. The quantitative estimate of drug-likeness (QED) is 0.481. The molecule has 7 nitrogen and oxygen atoms in total. The molecule has 0 radical (unpaired) electrons. The molecule has 2 aromatic rings. The number of carbonyl (C=O) groups excluding carboxylic acids is 2. The number of rotatable bonds is 5. The van der Waals surface area contributed by atoms with E-state index < -0.39 is 40.1 Å². The number of carbonyl (C=O) groups is 2. The first-order valence-electron chi connectivity index (χ1n) is 7.10. The monoisotopic (exact) mass is 384 g/mol. The molecular weight excluding hydrogens is 374 g/mol. The molecule has 0 unspecified atom stereocenters. The summed E-state index contributed by atoms with van der Waals surface area (Å²) in [5, 5.41) is 12.9. The smallest absolute Gasteiger partial charge is 0.341 e. The molecule has 0 aromatic heterocycles. The van der Waals surface area contributed by atoms with Crippen LogP contribution in [-0.2, 0) is 9.53 Å². The first kappa shape index (κ1) is 19.3. The molecule has 0 saturated carbocycles. The summed E-state index contributed by atoms with van der Waals surface area (Å²) in [6, 6.07) is 5.67. The fourth-order valence-electron chi connectivity index (χ4n) is 1.89. The summed E-state index contributed by atoms with van der Waals surface area (Å²) in [5.74, 6) is -3.93. The van der Waals surface area contributed by atoms with Gasteiger partial charge in [0.05, 0.1) is 21.2 Å². The molecule has 1 atom stereocenters. The molecular formula is C16H11ClF2N2O5. The Morgan fingerprint density at radius 3 is 2.50 bits per heavy atom. The van der Waals surface area contributed by atoms with Gasteiger partial charge >= 0.3 is 5.97 Å². The van der Waals surface area contributed by atoms with E-state index in [1.54, 1.807) is 0 Å². The van der Waals surface area contributed by atoms with Gasteiger partial charge in [0, 0.05) is 18.2 Å². The second-order valence-corrected chi connectivity index (χ2v) is 5.49. The molecule has 0 aliphatic heterocycles. The summed E-state index contributed by atoms with van der Waals surface area (Å²) in [6.07, 6.45) is -1.33. The molecule has 136 valence electrons. The Balaban J connectivity index is 2.05. The number of benzene rings is 2. The van der Waals surface area contributed by atoms with Crippen molar-refractivity contribution < 1.29 is 28.0 Å². The van der Waals surface area contributed by atoms with Gasteiger partial charge in [-0.25, -0.2) is 13.6 Å².